The van der Waals surface area contributed by atoms with Crippen molar-refractivity contribution in [2.75, 3.05) is 17.7 Å². The molecule has 3 aromatic rings. The number of carbonyl (C=O) groups is 1. The molecule has 0 aliphatic rings. The number of amides is 1. The van der Waals surface area contributed by atoms with Gasteiger partial charge in [-0.3, -0.25) is 9.36 Å². The maximum absolute atomic E-state index is 12.3. The van der Waals surface area contributed by atoms with Gasteiger partial charge in [0.2, 0.25) is 5.91 Å². The lowest BCUT2D eigenvalue weighted by molar-refractivity contribution is -0.113. The minimum Gasteiger partial charge on any atom is -0.492 e. The van der Waals surface area contributed by atoms with Gasteiger partial charge in [-0.2, -0.15) is 0 Å². The molecule has 0 aliphatic heterocycles. The zero-order valence-corrected chi connectivity index (χ0v) is 15.6. The van der Waals surface area contributed by atoms with E-state index < -0.39 is 0 Å². The van der Waals surface area contributed by atoms with Crippen molar-refractivity contribution in [2.24, 2.45) is 0 Å². The molecule has 1 aromatic heterocycles. The molecule has 134 valence electrons. The van der Waals surface area contributed by atoms with Crippen LogP contribution in [0.2, 0.25) is 5.02 Å². The average Bonchev–Trinajstić information content (AvgIpc) is 3.10. The third-order valence-corrected chi connectivity index (χ3v) is 4.57. The predicted molar refractivity (Wildman–Crippen MR) is 103 cm³/mol. The predicted octanol–water partition coefficient (Wildman–Crippen LogP) is 4.05. The van der Waals surface area contributed by atoms with E-state index in [1.807, 2.05) is 49.4 Å². The number of carbonyl (C=O) groups excluding carboxylic acids is 1. The zero-order valence-electron chi connectivity index (χ0n) is 14.1. The van der Waals surface area contributed by atoms with Gasteiger partial charge in [0.15, 0.2) is 5.16 Å². The van der Waals surface area contributed by atoms with Gasteiger partial charge in [0.05, 0.1) is 23.7 Å². The number of rotatable bonds is 7. The van der Waals surface area contributed by atoms with Gasteiger partial charge in [-0.15, -0.1) is 10.2 Å². The molecule has 0 saturated carbocycles. The van der Waals surface area contributed by atoms with Crippen LogP contribution in [0.4, 0.5) is 5.69 Å². The molecule has 1 amide bonds. The average molecular weight is 389 g/mol. The van der Waals surface area contributed by atoms with Gasteiger partial charge < -0.3 is 10.1 Å². The van der Waals surface area contributed by atoms with Crippen LogP contribution in [0.3, 0.4) is 0 Å². The van der Waals surface area contributed by atoms with Crippen molar-refractivity contribution in [3.63, 3.8) is 0 Å². The SMILES string of the molecule is CCOc1ccccc1NC(=O)CSc1nncn1-c1cccc(Cl)c1. The molecule has 0 saturated heterocycles. The molecular formula is C18H17ClN4O2S. The van der Waals surface area contributed by atoms with Crippen LogP contribution in [0.1, 0.15) is 6.92 Å². The lowest BCUT2D eigenvalue weighted by atomic mass is 10.3. The van der Waals surface area contributed by atoms with Crippen LogP contribution >= 0.6 is 23.4 Å². The molecule has 0 radical (unpaired) electrons. The highest BCUT2D eigenvalue weighted by atomic mass is 35.5. The Morgan fingerprint density at radius 2 is 2.12 bits per heavy atom. The normalized spacial score (nSPS) is 10.5. The van der Waals surface area contributed by atoms with Crippen LogP contribution in [0.5, 0.6) is 5.75 Å². The van der Waals surface area contributed by atoms with Crippen molar-refractivity contribution in [1.29, 1.82) is 0 Å². The van der Waals surface area contributed by atoms with Crippen LogP contribution in [0.15, 0.2) is 60.0 Å². The number of thioether (sulfide) groups is 1. The summed E-state index contributed by atoms with van der Waals surface area (Å²) in [4.78, 5) is 12.3. The first-order chi connectivity index (χ1) is 12.7. The molecule has 6 nitrogen and oxygen atoms in total. The molecule has 0 spiro atoms. The number of benzene rings is 2. The fourth-order valence-electron chi connectivity index (χ4n) is 2.29. The van der Waals surface area contributed by atoms with Crippen LogP contribution < -0.4 is 10.1 Å². The van der Waals surface area contributed by atoms with Gasteiger partial charge in [0.25, 0.3) is 0 Å². The van der Waals surface area contributed by atoms with Crippen LogP contribution in [-0.2, 0) is 4.79 Å². The summed E-state index contributed by atoms with van der Waals surface area (Å²) in [5.41, 5.74) is 1.49. The van der Waals surface area contributed by atoms with E-state index in [4.69, 9.17) is 16.3 Å². The number of nitrogens with one attached hydrogen (secondary N) is 1. The Hall–Kier alpha value is -2.51. The Labute approximate surface area is 160 Å². The topological polar surface area (TPSA) is 69.0 Å². The molecule has 8 heteroatoms. The first-order valence-corrected chi connectivity index (χ1v) is 9.34. The molecule has 26 heavy (non-hydrogen) atoms. The molecule has 0 atom stereocenters. The molecule has 2 aromatic carbocycles. The maximum Gasteiger partial charge on any atom is 0.234 e. The smallest absolute Gasteiger partial charge is 0.234 e. The lowest BCUT2D eigenvalue weighted by Gasteiger charge is -2.11. The first-order valence-electron chi connectivity index (χ1n) is 7.98. The second kappa shape index (κ2) is 8.73. The summed E-state index contributed by atoms with van der Waals surface area (Å²) in [6.07, 6.45) is 1.59. The molecule has 0 unspecified atom stereocenters. The molecule has 0 aliphatic carbocycles. The Morgan fingerprint density at radius 3 is 2.92 bits per heavy atom. The van der Waals surface area contributed by atoms with E-state index >= 15 is 0 Å². The Balaban J connectivity index is 1.65. The number of para-hydroxylation sites is 2. The molecule has 3 rings (SSSR count). The Kier molecular flexibility index (Phi) is 6.14. The largest absolute Gasteiger partial charge is 0.492 e. The fourth-order valence-corrected chi connectivity index (χ4v) is 3.21. The van der Waals surface area contributed by atoms with Gasteiger partial charge in [-0.1, -0.05) is 41.6 Å². The summed E-state index contributed by atoms with van der Waals surface area (Å²) in [5, 5.41) is 12.1. The number of nitrogens with zero attached hydrogens (tertiary/aromatic N) is 3. The number of hydrogen-bond acceptors (Lipinski definition) is 5. The first kappa shape index (κ1) is 18.3. The molecule has 1 N–H and O–H groups in total. The maximum atomic E-state index is 12.3. The van der Waals surface area contributed by atoms with E-state index in [1.165, 1.54) is 11.8 Å². The van der Waals surface area contributed by atoms with E-state index in [-0.39, 0.29) is 11.7 Å². The summed E-state index contributed by atoms with van der Waals surface area (Å²) in [5.74, 6) is 0.693. The van der Waals surface area contributed by atoms with E-state index in [1.54, 1.807) is 17.0 Å². The summed E-state index contributed by atoms with van der Waals surface area (Å²) in [6, 6.07) is 14.7. The summed E-state index contributed by atoms with van der Waals surface area (Å²) in [6.45, 7) is 2.43. The van der Waals surface area contributed by atoms with Crippen molar-refractivity contribution in [3.05, 3.63) is 59.9 Å². The van der Waals surface area contributed by atoms with Gasteiger partial charge in [-0.25, -0.2) is 0 Å². The number of halogens is 1. The molecule has 0 fully saturated rings. The van der Waals surface area contributed by atoms with Crippen LogP contribution in [0.25, 0.3) is 5.69 Å². The minimum absolute atomic E-state index is 0.150. The standard InChI is InChI=1S/C18H17ClN4O2S/c1-2-25-16-9-4-3-8-15(16)21-17(24)11-26-18-22-20-12-23(18)14-7-5-6-13(19)10-14/h3-10,12H,2,11H2,1H3,(H,21,24). The Bertz CT molecular complexity index is 900. The number of hydrogen-bond donors (Lipinski definition) is 1. The van der Waals surface area contributed by atoms with Crippen molar-refractivity contribution in [3.8, 4) is 11.4 Å². The highest BCUT2D eigenvalue weighted by molar-refractivity contribution is 7.99. The summed E-state index contributed by atoms with van der Waals surface area (Å²) in [7, 11) is 0. The monoisotopic (exact) mass is 388 g/mol. The van der Waals surface area contributed by atoms with Gasteiger partial charge in [-0.05, 0) is 37.3 Å². The second-order valence-electron chi connectivity index (χ2n) is 5.23. The summed E-state index contributed by atoms with van der Waals surface area (Å²) < 4.78 is 7.31. The number of ether oxygens (including phenoxy) is 1. The van der Waals surface area contributed by atoms with Gasteiger partial charge >= 0.3 is 0 Å². The van der Waals surface area contributed by atoms with Crippen LogP contribution in [-0.4, -0.2) is 33.0 Å². The van der Waals surface area contributed by atoms with Gasteiger partial charge in [0.1, 0.15) is 12.1 Å². The second-order valence-corrected chi connectivity index (χ2v) is 6.61. The quantitative estimate of drug-likeness (QED) is 0.618. The zero-order chi connectivity index (χ0) is 18.4. The van der Waals surface area contributed by atoms with E-state index in [2.05, 4.69) is 15.5 Å². The third kappa shape index (κ3) is 4.56. The summed E-state index contributed by atoms with van der Waals surface area (Å²) >= 11 is 7.33. The van der Waals surface area contributed by atoms with E-state index in [0.717, 1.165) is 5.69 Å². The minimum atomic E-state index is -0.150. The molecular weight excluding hydrogens is 372 g/mol. The molecule has 0 bridgehead atoms. The highest BCUT2D eigenvalue weighted by Crippen LogP contribution is 2.25. The van der Waals surface area contributed by atoms with E-state index in [0.29, 0.717) is 28.2 Å². The van der Waals surface area contributed by atoms with Crippen molar-refractivity contribution < 1.29 is 9.53 Å². The lowest BCUT2D eigenvalue weighted by Crippen LogP contribution is -2.15. The molecule has 1 heterocycles. The fraction of sp³-hybridized carbons (Fsp3) is 0.167. The number of anilines is 1. The van der Waals surface area contributed by atoms with Crippen LogP contribution in [0, 0.1) is 0 Å². The van der Waals surface area contributed by atoms with E-state index in [9.17, 15) is 4.79 Å². The van der Waals surface area contributed by atoms with Gasteiger partial charge in [0, 0.05) is 5.02 Å². The Morgan fingerprint density at radius 1 is 1.27 bits per heavy atom. The van der Waals surface area contributed by atoms with Crippen molar-refractivity contribution in [2.45, 2.75) is 12.1 Å². The number of aromatic nitrogens is 3. The van der Waals surface area contributed by atoms with Crippen molar-refractivity contribution in [1.82, 2.24) is 14.8 Å². The van der Waals surface area contributed by atoms with Crippen molar-refractivity contribution >= 4 is 35.0 Å². The third-order valence-electron chi connectivity index (χ3n) is 3.40. The highest BCUT2D eigenvalue weighted by Gasteiger charge is 2.12.